The molecule has 4 nitrogen and oxygen atoms in total. The highest BCUT2D eigenvalue weighted by atomic mass is 19.4. The molecule has 92 valence electrons. The summed E-state index contributed by atoms with van der Waals surface area (Å²) < 4.78 is 36.0. The monoisotopic (exact) mass is 236 g/mol. The molecule has 1 heterocycles. The summed E-state index contributed by atoms with van der Waals surface area (Å²) in [7, 11) is 0. The Kier molecular flexibility index (Phi) is 4.28. The molecule has 0 saturated carbocycles. The lowest BCUT2D eigenvalue weighted by molar-refractivity contribution is -0.138. The van der Waals surface area contributed by atoms with E-state index in [0.717, 1.165) is 0 Å². The molecule has 16 heavy (non-hydrogen) atoms. The zero-order valence-corrected chi connectivity index (χ0v) is 9.23. The molecular weight excluding hydrogens is 221 g/mol. The lowest BCUT2D eigenvalue weighted by Crippen LogP contribution is -2.32. The minimum atomic E-state index is -4.12. The molecule has 1 aromatic heterocycles. The van der Waals surface area contributed by atoms with Crippen LogP contribution in [0.2, 0.25) is 0 Å². The number of alkyl halides is 3. The number of nitrogens with zero attached hydrogens (tertiary/aromatic N) is 2. The van der Waals surface area contributed by atoms with Crippen molar-refractivity contribution in [2.24, 2.45) is 0 Å². The Balaban J connectivity index is 2.20. The van der Waals surface area contributed by atoms with Gasteiger partial charge in [0, 0.05) is 19.0 Å². The number of halogens is 3. The largest absolute Gasteiger partial charge is 0.390 e. The summed E-state index contributed by atoms with van der Waals surface area (Å²) in [4.78, 5) is 4.05. The summed E-state index contributed by atoms with van der Waals surface area (Å²) in [6.45, 7) is 3.72. The summed E-state index contributed by atoms with van der Waals surface area (Å²) in [5.41, 5.74) is 0. The van der Waals surface area contributed by atoms with Gasteiger partial charge in [-0.2, -0.15) is 18.3 Å². The molecule has 0 fully saturated rings. The van der Waals surface area contributed by atoms with Crippen LogP contribution >= 0.6 is 0 Å². The molecule has 0 aliphatic rings. The predicted octanol–water partition coefficient (Wildman–Crippen LogP) is 1.59. The number of rotatable bonds is 5. The third-order valence-corrected chi connectivity index (χ3v) is 2.02. The van der Waals surface area contributed by atoms with Crippen molar-refractivity contribution in [3.05, 3.63) is 11.6 Å². The van der Waals surface area contributed by atoms with Crippen LogP contribution in [0.25, 0.3) is 0 Å². The fourth-order valence-corrected chi connectivity index (χ4v) is 1.35. The van der Waals surface area contributed by atoms with Crippen molar-refractivity contribution in [1.29, 1.82) is 0 Å². The number of hydrogen-bond donors (Lipinski definition) is 2. The van der Waals surface area contributed by atoms with Crippen LogP contribution in [0.15, 0.2) is 0 Å². The molecule has 0 spiro atoms. The maximum absolute atomic E-state index is 12.0. The van der Waals surface area contributed by atoms with Crippen LogP contribution in [-0.2, 0) is 6.42 Å². The maximum Gasteiger partial charge on any atom is 0.390 e. The van der Waals surface area contributed by atoms with Gasteiger partial charge in [0.05, 0.1) is 6.42 Å². The highest BCUT2D eigenvalue weighted by Crippen LogP contribution is 2.21. The molecule has 0 aliphatic carbocycles. The topological polar surface area (TPSA) is 53.6 Å². The average Bonchev–Trinajstić information content (AvgIpc) is 2.48. The molecule has 7 heteroatoms. The van der Waals surface area contributed by atoms with E-state index in [-0.39, 0.29) is 0 Å². The van der Waals surface area contributed by atoms with Crippen LogP contribution in [0.3, 0.4) is 0 Å². The number of aryl methyl sites for hydroxylation is 1. The molecule has 1 aromatic rings. The van der Waals surface area contributed by atoms with Gasteiger partial charge in [0.1, 0.15) is 5.82 Å². The summed E-state index contributed by atoms with van der Waals surface area (Å²) in [6.07, 6.45) is -4.42. The molecule has 0 saturated heterocycles. The highest BCUT2D eigenvalue weighted by molar-refractivity contribution is 4.88. The van der Waals surface area contributed by atoms with Gasteiger partial charge in [-0.1, -0.05) is 0 Å². The van der Waals surface area contributed by atoms with Gasteiger partial charge in [-0.15, -0.1) is 0 Å². The van der Waals surface area contributed by atoms with Crippen LogP contribution in [-0.4, -0.2) is 33.9 Å². The minimum Gasteiger partial charge on any atom is -0.313 e. The molecule has 2 N–H and O–H groups in total. The predicted molar refractivity (Wildman–Crippen MR) is 53.0 cm³/mol. The molecule has 0 aromatic carbocycles. The number of H-pyrrole nitrogens is 1. The molecular formula is C9H15F3N4. The second-order valence-electron chi connectivity index (χ2n) is 3.76. The second kappa shape index (κ2) is 5.29. The molecule has 1 unspecified atom stereocenters. The van der Waals surface area contributed by atoms with Gasteiger partial charge >= 0.3 is 6.18 Å². The van der Waals surface area contributed by atoms with Crippen molar-refractivity contribution >= 4 is 0 Å². The molecule has 0 amide bonds. The second-order valence-corrected chi connectivity index (χ2v) is 3.76. The first-order valence-electron chi connectivity index (χ1n) is 5.05. The fourth-order valence-electron chi connectivity index (χ4n) is 1.35. The van der Waals surface area contributed by atoms with Crippen molar-refractivity contribution in [2.75, 3.05) is 6.54 Å². The smallest absolute Gasteiger partial charge is 0.313 e. The number of hydrogen-bond acceptors (Lipinski definition) is 3. The number of aromatic nitrogens is 3. The SMILES string of the molecule is Cc1nc(CCNC(C)CC(F)(F)F)n[nH]1. The molecule has 0 radical (unpaired) electrons. The Labute approximate surface area is 91.6 Å². The van der Waals surface area contributed by atoms with E-state index in [0.29, 0.717) is 24.6 Å². The van der Waals surface area contributed by atoms with E-state index in [1.807, 2.05) is 0 Å². The Bertz CT molecular complexity index is 321. The average molecular weight is 236 g/mol. The number of nitrogens with one attached hydrogen (secondary N) is 2. The van der Waals surface area contributed by atoms with Gasteiger partial charge in [0.15, 0.2) is 5.82 Å². The molecule has 1 rings (SSSR count). The van der Waals surface area contributed by atoms with E-state index < -0.39 is 18.6 Å². The Morgan fingerprint density at radius 3 is 2.62 bits per heavy atom. The lowest BCUT2D eigenvalue weighted by Gasteiger charge is -2.14. The molecule has 0 aliphatic heterocycles. The first kappa shape index (κ1) is 13.0. The first-order chi connectivity index (χ1) is 7.37. The third-order valence-electron chi connectivity index (χ3n) is 2.02. The van der Waals surface area contributed by atoms with E-state index >= 15 is 0 Å². The zero-order valence-electron chi connectivity index (χ0n) is 9.23. The Morgan fingerprint density at radius 2 is 2.12 bits per heavy atom. The third kappa shape index (κ3) is 5.11. The van der Waals surface area contributed by atoms with Crippen molar-refractivity contribution < 1.29 is 13.2 Å². The van der Waals surface area contributed by atoms with Gasteiger partial charge in [-0.3, -0.25) is 5.10 Å². The standard InChI is InChI=1S/C9H15F3N4/c1-6(5-9(10,11)12)13-4-3-8-14-7(2)15-16-8/h6,13H,3-5H2,1-2H3,(H,14,15,16). The van der Waals surface area contributed by atoms with Gasteiger partial charge < -0.3 is 5.32 Å². The van der Waals surface area contributed by atoms with E-state index in [9.17, 15) is 13.2 Å². The normalized spacial score (nSPS) is 14.1. The Morgan fingerprint density at radius 1 is 1.44 bits per heavy atom. The first-order valence-corrected chi connectivity index (χ1v) is 5.05. The maximum atomic E-state index is 12.0. The van der Waals surface area contributed by atoms with Crippen LogP contribution in [0, 0.1) is 6.92 Å². The van der Waals surface area contributed by atoms with E-state index in [4.69, 9.17) is 0 Å². The highest BCUT2D eigenvalue weighted by Gasteiger charge is 2.29. The fraction of sp³-hybridized carbons (Fsp3) is 0.778. The summed E-state index contributed by atoms with van der Waals surface area (Å²) in [6, 6.07) is -0.583. The van der Waals surface area contributed by atoms with E-state index in [1.54, 1.807) is 6.92 Å². The molecule has 0 bridgehead atoms. The van der Waals surface area contributed by atoms with Gasteiger partial charge in [-0.05, 0) is 13.8 Å². The van der Waals surface area contributed by atoms with E-state index in [2.05, 4.69) is 20.5 Å². The van der Waals surface area contributed by atoms with Gasteiger partial charge in [0.25, 0.3) is 0 Å². The van der Waals surface area contributed by atoms with Crippen LogP contribution in [0.4, 0.5) is 13.2 Å². The van der Waals surface area contributed by atoms with Gasteiger partial charge in [-0.25, -0.2) is 4.98 Å². The van der Waals surface area contributed by atoms with Crippen LogP contribution < -0.4 is 5.32 Å². The minimum absolute atomic E-state index is 0.439. The zero-order chi connectivity index (χ0) is 12.2. The number of aromatic amines is 1. The quantitative estimate of drug-likeness (QED) is 0.816. The van der Waals surface area contributed by atoms with Crippen LogP contribution in [0.5, 0.6) is 0 Å². The summed E-state index contributed by atoms with van der Waals surface area (Å²) >= 11 is 0. The molecule has 1 atom stereocenters. The summed E-state index contributed by atoms with van der Waals surface area (Å²) in [5.74, 6) is 1.32. The van der Waals surface area contributed by atoms with Crippen molar-refractivity contribution in [3.63, 3.8) is 0 Å². The van der Waals surface area contributed by atoms with E-state index in [1.165, 1.54) is 6.92 Å². The van der Waals surface area contributed by atoms with Crippen molar-refractivity contribution in [2.45, 2.75) is 38.9 Å². The van der Waals surface area contributed by atoms with Crippen LogP contribution in [0.1, 0.15) is 25.0 Å². The van der Waals surface area contributed by atoms with Crippen molar-refractivity contribution in [3.8, 4) is 0 Å². The Hall–Kier alpha value is -1.11. The summed E-state index contributed by atoms with van der Waals surface area (Å²) in [5, 5.41) is 9.35. The lowest BCUT2D eigenvalue weighted by atomic mass is 10.2. The van der Waals surface area contributed by atoms with Gasteiger partial charge in [0.2, 0.25) is 0 Å². The van der Waals surface area contributed by atoms with Crippen molar-refractivity contribution in [1.82, 2.24) is 20.5 Å².